The van der Waals surface area contributed by atoms with Crippen LogP contribution >= 0.6 is 0 Å². The van der Waals surface area contributed by atoms with Crippen LogP contribution in [0.2, 0.25) is 0 Å². The Morgan fingerprint density at radius 2 is 1.90 bits per heavy atom. The van der Waals surface area contributed by atoms with Gasteiger partial charge in [0.1, 0.15) is 12.2 Å². The quantitative estimate of drug-likeness (QED) is 0.695. The second-order valence-corrected chi connectivity index (χ2v) is 8.86. The molecule has 0 radical (unpaired) electrons. The molecule has 5 rings (SSSR count). The van der Waals surface area contributed by atoms with Gasteiger partial charge in [0.2, 0.25) is 5.91 Å². The van der Waals surface area contributed by atoms with E-state index < -0.39 is 0 Å². The van der Waals surface area contributed by atoms with Crippen LogP contribution in [0.15, 0.2) is 24.5 Å². The lowest BCUT2D eigenvalue weighted by Crippen LogP contribution is -2.38. The number of fused-ring (bicyclic) bond motifs is 3. The van der Waals surface area contributed by atoms with Crippen molar-refractivity contribution < 1.29 is 4.79 Å². The summed E-state index contributed by atoms with van der Waals surface area (Å²) in [5.41, 5.74) is 5.12. The zero-order valence-electron chi connectivity index (χ0n) is 18.4. The smallest absolute Gasteiger partial charge is 0.227 e. The molecule has 7 heteroatoms. The summed E-state index contributed by atoms with van der Waals surface area (Å²) in [4.78, 5) is 29.2. The van der Waals surface area contributed by atoms with Crippen molar-refractivity contribution >= 4 is 28.6 Å². The van der Waals surface area contributed by atoms with Crippen LogP contribution < -0.4 is 10.2 Å². The average Bonchev–Trinajstić information content (AvgIpc) is 2.98. The average molecular weight is 419 g/mol. The summed E-state index contributed by atoms with van der Waals surface area (Å²) < 4.78 is 2.28. The van der Waals surface area contributed by atoms with Gasteiger partial charge < -0.3 is 14.8 Å². The lowest BCUT2D eigenvalue weighted by molar-refractivity contribution is -0.120. The minimum atomic E-state index is 0.0206. The molecule has 3 aromatic rings. The maximum Gasteiger partial charge on any atom is 0.227 e. The van der Waals surface area contributed by atoms with Crippen molar-refractivity contribution in [2.75, 3.05) is 23.3 Å². The van der Waals surface area contributed by atoms with Crippen LogP contribution in [0.25, 0.3) is 11.2 Å². The number of anilines is 2. The molecule has 2 aromatic heterocycles. The van der Waals surface area contributed by atoms with Crippen molar-refractivity contribution in [2.24, 2.45) is 5.92 Å². The van der Waals surface area contributed by atoms with E-state index >= 15 is 0 Å². The highest BCUT2D eigenvalue weighted by Gasteiger charge is 2.28. The van der Waals surface area contributed by atoms with Crippen LogP contribution in [0.5, 0.6) is 0 Å². The van der Waals surface area contributed by atoms with Gasteiger partial charge >= 0.3 is 0 Å². The highest BCUT2D eigenvalue weighted by Crippen LogP contribution is 2.30. The second-order valence-electron chi connectivity index (χ2n) is 8.86. The zero-order valence-corrected chi connectivity index (χ0v) is 18.4. The topological polar surface area (TPSA) is 75.9 Å². The largest absolute Gasteiger partial charge is 0.355 e. The molecule has 0 spiro atoms. The van der Waals surface area contributed by atoms with E-state index in [-0.39, 0.29) is 11.8 Å². The first-order valence-corrected chi connectivity index (χ1v) is 11.4. The minimum absolute atomic E-state index is 0.0206. The second kappa shape index (κ2) is 8.29. The maximum absolute atomic E-state index is 12.9. The number of carbonyl (C=O) groups excluding carboxylic acids is 1. The van der Waals surface area contributed by atoms with Gasteiger partial charge in [-0.05, 0) is 56.7 Å². The number of aromatic nitrogens is 4. The summed E-state index contributed by atoms with van der Waals surface area (Å²) in [6, 6.07) is 6.05. The van der Waals surface area contributed by atoms with E-state index in [2.05, 4.69) is 44.7 Å². The van der Waals surface area contributed by atoms with Gasteiger partial charge in [-0.15, -0.1) is 0 Å². The highest BCUT2D eigenvalue weighted by molar-refractivity contribution is 5.93. The fourth-order valence-corrected chi connectivity index (χ4v) is 4.83. The summed E-state index contributed by atoms with van der Waals surface area (Å²) in [6.07, 6.45) is 7.92. The third kappa shape index (κ3) is 3.77. The molecule has 1 N–H and O–H groups in total. The van der Waals surface area contributed by atoms with Gasteiger partial charge in [0.05, 0.1) is 0 Å². The molecule has 0 unspecified atom stereocenters. The van der Waals surface area contributed by atoms with Crippen LogP contribution in [0.4, 0.5) is 11.5 Å². The van der Waals surface area contributed by atoms with E-state index in [0.29, 0.717) is 0 Å². The van der Waals surface area contributed by atoms with E-state index in [0.717, 1.165) is 73.0 Å². The number of aryl methyl sites for hydroxylation is 3. The van der Waals surface area contributed by atoms with Crippen molar-refractivity contribution in [2.45, 2.75) is 58.9 Å². The van der Waals surface area contributed by atoms with Crippen LogP contribution in [0.3, 0.4) is 0 Å². The molecule has 0 atom stereocenters. The predicted octanol–water partition coefficient (Wildman–Crippen LogP) is 4.02. The zero-order chi connectivity index (χ0) is 21.4. The summed E-state index contributed by atoms with van der Waals surface area (Å²) in [5, 5.41) is 3.15. The molecule has 31 heavy (non-hydrogen) atoms. The van der Waals surface area contributed by atoms with Gasteiger partial charge in [-0.2, -0.15) is 0 Å². The van der Waals surface area contributed by atoms with Crippen LogP contribution in [0, 0.1) is 19.8 Å². The van der Waals surface area contributed by atoms with Crippen LogP contribution in [-0.2, 0) is 17.8 Å². The molecular weight excluding hydrogens is 388 g/mol. The molecular formula is C24H30N6O. The van der Waals surface area contributed by atoms with Gasteiger partial charge in [-0.1, -0.05) is 18.6 Å². The number of imidazole rings is 1. The fourth-order valence-electron chi connectivity index (χ4n) is 4.83. The Balaban J connectivity index is 1.30. The first-order chi connectivity index (χ1) is 15.1. The monoisotopic (exact) mass is 418 g/mol. The standard InChI is InChI=1S/C24H30N6O/c1-16-7-6-8-19(17(16)2)27-24(31)18-10-13-29(14-11-18)22-21-23(26-15-25-22)30-12-5-3-4-9-20(30)28-21/h6-8,15,18H,3-5,9-14H2,1-2H3,(H,27,31). The third-order valence-electron chi connectivity index (χ3n) is 6.90. The molecule has 7 nitrogen and oxygen atoms in total. The van der Waals surface area contributed by atoms with Crippen LogP contribution in [0.1, 0.15) is 49.1 Å². The summed E-state index contributed by atoms with van der Waals surface area (Å²) in [7, 11) is 0. The van der Waals surface area contributed by atoms with Crippen molar-refractivity contribution in [3.05, 3.63) is 41.5 Å². The SMILES string of the molecule is Cc1cccc(NC(=O)C2CCN(c3ncnc4c3nc3n4CCCCC3)CC2)c1C. The summed E-state index contributed by atoms with van der Waals surface area (Å²) >= 11 is 0. The highest BCUT2D eigenvalue weighted by atomic mass is 16.1. The van der Waals surface area contributed by atoms with Gasteiger partial charge in [-0.3, -0.25) is 4.79 Å². The number of hydrogen-bond donors (Lipinski definition) is 1. The lowest BCUT2D eigenvalue weighted by atomic mass is 9.95. The van der Waals surface area contributed by atoms with E-state index in [1.807, 2.05) is 12.1 Å². The number of rotatable bonds is 3. The van der Waals surface area contributed by atoms with E-state index in [4.69, 9.17) is 4.98 Å². The Hall–Kier alpha value is -2.96. The predicted molar refractivity (Wildman–Crippen MR) is 122 cm³/mol. The number of benzene rings is 1. The molecule has 1 aromatic carbocycles. The molecule has 2 aliphatic rings. The van der Waals surface area contributed by atoms with E-state index in [1.54, 1.807) is 6.33 Å². The Labute approximate surface area is 182 Å². The Morgan fingerprint density at radius 3 is 2.74 bits per heavy atom. The number of nitrogens with zero attached hydrogens (tertiary/aromatic N) is 5. The Kier molecular flexibility index (Phi) is 5.34. The molecule has 1 amide bonds. The molecule has 0 saturated carbocycles. The molecule has 1 saturated heterocycles. The van der Waals surface area contributed by atoms with Crippen molar-refractivity contribution in [1.29, 1.82) is 0 Å². The molecule has 1 fully saturated rings. The number of carbonyl (C=O) groups is 1. The Bertz CT molecular complexity index is 1110. The normalized spacial score (nSPS) is 17.4. The van der Waals surface area contributed by atoms with Crippen LogP contribution in [-0.4, -0.2) is 38.5 Å². The first-order valence-electron chi connectivity index (χ1n) is 11.4. The summed E-state index contributed by atoms with van der Waals surface area (Å²) in [6.45, 7) is 6.73. The van der Waals surface area contributed by atoms with Crippen molar-refractivity contribution in [3.8, 4) is 0 Å². The van der Waals surface area contributed by atoms with E-state index in [1.165, 1.54) is 24.8 Å². The van der Waals surface area contributed by atoms with Gasteiger partial charge in [0.25, 0.3) is 0 Å². The maximum atomic E-state index is 12.9. The molecule has 0 bridgehead atoms. The van der Waals surface area contributed by atoms with Gasteiger partial charge in [0, 0.05) is 37.7 Å². The number of amides is 1. The number of piperidine rings is 1. The number of hydrogen-bond acceptors (Lipinski definition) is 5. The first kappa shape index (κ1) is 20.0. The fraction of sp³-hybridized carbons (Fsp3) is 0.500. The molecule has 162 valence electrons. The Morgan fingerprint density at radius 1 is 1.06 bits per heavy atom. The molecule has 4 heterocycles. The van der Waals surface area contributed by atoms with Gasteiger partial charge in [-0.25, -0.2) is 15.0 Å². The van der Waals surface area contributed by atoms with Crippen molar-refractivity contribution in [1.82, 2.24) is 19.5 Å². The number of nitrogens with one attached hydrogen (secondary N) is 1. The van der Waals surface area contributed by atoms with E-state index in [9.17, 15) is 4.79 Å². The van der Waals surface area contributed by atoms with Gasteiger partial charge in [0.15, 0.2) is 17.0 Å². The third-order valence-corrected chi connectivity index (χ3v) is 6.90. The minimum Gasteiger partial charge on any atom is -0.355 e. The summed E-state index contributed by atoms with van der Waals surface area (Å²) in [5.74, 6) is 2.19. The van der Waals surface area contributed by atoms with Crippen molar-refractivity contribution in [3.63, 3.8) is 0 Å². The lowest BCUT2D eigenvalue weighted by Gasteiger charge is -2.32. The molecule has 0 aliphatic carbocycles. The molecule has 2 aliphatic heterocycles.